The number of halogens is 1. The number of alkyl halides is 1. The monoisotopic (exact) mass is 256 g/mol. The minimum atomic E-state index is 0.426. The molecule has 3 heteroatoms. The van der Waals surface area contributed by atoms with E-state index in [1.54, 1.807) is 11.3 Å². The van der Waals surface area contributed by atoms with Crippen LogP contribution in [0.1, 0.15) is 11.1 Å². The van der Waals surface area contributed by atoms with Crippen LogP contribution in [-0.2, 0) is 5.33 Å². The third-order valence-electron chi connectivity index (χ3n) is 2.13. The fourth-order valence-corrected chi connectivity index (χ4v) is 2.85. The number of hydrogen-bond acceptors (Lipinski definition) is 2. The Bertz CT molecular complexity index is 447. The standard InChI is InChI=1S/C10H9BrOS/c1-6-4-7(5-11)8-2-3-13-10(8)9(6)12/h2-4,12H,5H2,1H3. The second-order valence-corrected chi connectivity index (χ2v) is 4.48. The highest BCUT2D eigenvalue weighted by atomic mass is 79.9. The van der Waals surface area contributed by atoms with Crippen LogP contribution in [0.3, 0.4) is 0 Å². The summed E-state index contributed by atoms with van der Waals surface area (Å²) in [6.07, 6.45) is 0. The maximum Gasteiger partial charge on any atom is 0.136 e. The Morgan fingerprint density at radius 3 is 3.00 bits per heavy atom. The van der Waals surface area contributed by atoms with Crippen molar-refractivity contribution in [1.29, 1.82) is 0 Å². The molecule has 1 heterocycles. The topological polar surface area (TPSA) is 20.2 Å². The van der Waals surface area contributed by atoms with E-state index in [4.69, 9.17) is 0 Å². The first-order valence-corrected chi connectivity index (χ1v) is 5.98. The lowest BCUT2D eigenvalue weighted by Crippen LogP contribution is -1.82. The number of fused-ring (bicyclic) bond motifs is 1. The third kappa shape index (κ3) is 1.36. The van der Waals surface area contributed by atoms with E-state index in [2.05, 4.69) is 22.0 Å². The molecule has 0 saturated heterocycles. The van der Waals surface area contributed by atoms with Crippen molar-refractivity contribution in [2.24, 2.45) is 0 Å². The Balaban J connectivity index is 2.87. The van der Waals surface area contributed by atoms with Crippen molar-refractivity contribution in [3.63, 3.8) is 0 Å². The van der Waals surface area contributed by atoms with Gasteiger partial charge < -0.3 is 5.11 Å². The Kier molecular flexibility index (Phi) is 2.30. The van der Waals surface area contributed by atoms with Crippen molar-refractivity contribution < 1.29 is 5.11 Å². The van der Waals surface area contributed by atoms with Crippen LogP contribution in [0.15, 0.2) is 17.5 Å². The lowest BCUT2D eigenvalue weighted by atomic mass is 10.1. The van der Waals surface area contributed by atoms with Gasteiger partial charge in [0.15, 0.2) is 0 Å². The molecule has 0 atom stereocenters. The Labute approximate surface area is 89.1 Å². The summed E-state index contributed by atoms with van der Waals surface area (Å²) in [5.41, 5.74) is 2.19. The largest absolute Gasteiger partial charge is 0.506 e. The average molecular weight is 257 g/mol. The van der Waals surface area contributed by atoms with E-state index in [-0.39, 0.29) is 0 Å². The summed E-state index contributed by atoms with van der Waals surface area (Å²) in [6.45, 7) is 1.93. The van der Waals surface area contributed by atoms with E-state index < -0.39 is 0 Å². The quantitative estimate of drug-likeness (QED) is 0.770. The molecule has 0 aliphatic carbocycles. The molecule has 1 nitrogen and oxygen atoms in total. The molecule has 2 aromatic rings. The van der Waals surface area contributed by atoms with Gasteiger partial charge >= 0.3 is 0 Å². The fourth-order valence-electron chi connectivity index (χ4n) is 1.44. The number of aryl methyl sites for hydroxylation is 1. The molecule has 2 rings (SSSR count). The first kappa shape index (κ1) is 9.03. The second kappa shape index (κ2) is 3.31. The van der Waals surface area contributed by atoms with Gasteiger partial charge in [0.2, 0.25) is 0 Å². The first-order valence-electron chi connectivity index (χ1n) is 3.98. The van der Waals surface area contributed by atoms with E-state index in [1.807, 2.05) is 18.4 Å². The van der Waals surface area contributed by atoms with E-state index in [9.17, 15) is 5.11 Å². The van der Waals surface area contributed by atoms with Crippen molar-refractivity contribution in [3.8, 4) is 5.75 Å². The SMILES string of the molecule is Cc1cc(CBr)c2ccsc2c1O. The summed E-state index contributed by atoms with van der Waals surface area (Å²) < 4.78 is 0.995. The maximum absolute atomic E-state index is 9.76. The summed E-state index contributed by atoms with van der Waals surface area (Å²) >= 11 is 5.03. The molecule has 0 fully saturated rings. The van der Waals surface area contributed by atoms with E-state index in [0.717, 1.165) is 21.0 Å². The van der Waals surface area contributed by atoms with Crippen molar-refractivity contribution in [2.45, 2.75) is 12.3 Å². The van der Waals surface area contributed by atoms with Crippen molar-refractivity contribution in [1.82, 2.24) is 0 Å². The van der Waals surface area contributed by atoms with E-state index >= 15 is 0 Å². The van der Waals surface area contributed by atoms with Crippen LogP contribution in [0.2, 0.25) is 0 Å². The number of thiophene rings is 1. The number of benzene rings is 1. The minimum absolute atomic E-state index is 0.426. The van der Waals surface area contributed by atoms with Crippen LogP contribution in [-0.4, -0.2) is 5.11 Å². The van der Waals surface area contributed by atoms with Gasteiger partial charge in [-0.2, -0.15) is 0 Å². The summed E-state index contributed by atoms with van der Waals surface area (Å²) in [6, 6.07) is 4.08. The van der Waals surface area contributed by atoms with Crippen LogP contribution < -0.4 is 0 Å². The molecule has 13 heavy (non-hydrogen) atoms. The van der Waals surface area contributed by atoms with Crippen LogP contribution in [0.4, 0.5) is 0 Å². The normalized spacial score (nSPS) is 10.9. The third-order valence-corrected chi connectivity index (χ3v) is 3.66. The second-order valence-electron chi connectivity index (χ2n) is 3.00. The van der Waals surface area contributed by atoms with Gasteiger partial charge in [-0.3, -0.25) is 0 Å². The van der Waals surface area contributed by atoms with E-state index in [1.165, 1.54) is 5.56 Å². The van der Waals surface area contributed by atoms with Crippen molar-refractivity contribution in [3.05, 3.63) is 28.6 Å². The average Bonchev–Trinajstić information content (AvgIpc) is 2.60. The summed E-state index contributed by atoms with van der Waals surface area (Å²) in [7, 11) is 0. The maximum atomic E-state index is 9.76. The summed E-state index contributed by atoms with van der Waals surface area (Å²) in [4.78, 5) is 0. The highest BCUT2D eigenvalue weighted by Gasteiger charge is 2.08. The molecule has 1 aromatic carbocycles. The summed E-state index contributed by atoms with van der Waals surface area (Å²) in [5.74, 6) is 0.426. The molecule has 0 spiro atoms. The Morgan fingerprint density at radius 2 is 2.31 bits per heavy atom. The number of phenolic OH excluding ortho intramolecular Hbond substituents is 1. The molecule has 1 N–H and O–H groups in total. The molecule has 0 bridgehead atoms. The van der Waals surface area contributed by atoms with Gasteiger partial charge in [0.05, 0.1) is 4.70 Å². The number of phenols is 1. The molecule has 0 radical (unpaired) electrons. The number of rotatable bonds is 1. The lowest BCUT2D eigenvalue weighted by molar-refractivity contribution is 0.478. The zero-order chi connectivity index (χ0) is 9.42. The van der Waals surface area contributed by atoms with Gasteiger partial charge in [0.1, 0.15) is 5.75 Å². The predicted octanol–water partition coefficient (Wildman–Crippen LogP) is 3.81. The van der Waals surface area contributed by atoms with Gasteiger partial charge in [0, 0.05) is 10.7 Å². The van der Waals surface area contributed by atoms with Gasteiger partial charge in [-0.25, -0.2) is 0 Å². The summed E-state index contributed by atoms with van der Waals surface area (Å²) in [5, 5.41) is 13.8. The molecule has 0 saturated carbocycles. The zero-order valence-electron chi connectivity index (χ0n) is 7.17. The molecule has 1 aromatic heterocycles. The highest BCUT2D eigenvalue weighted by molar-refractivity contribution is 9.08. The smallest absolute Gasteiger partial charge is 0.136 e. The van der Waals surface area contributed by atoms with Crippen LogP contribution in [0.5, 0.6) is 5.75 Å². The number of aromatic hydroxyl groups is 1. The molecule has 0 unspecified atom stereocenters. The number of hydrogen-bond donors (Lipinski definition) is 1. The Hall–Kier alpha value is -0.540. The molecular weight excluding hydrogens is 248 g/mol. The first-order chi connectivity index (χ1) is 6.24. The van der Waals surface area contributed by atoms with Gasteiger partial charge in [-0.15, -0.1) is 11.3 Å². The van der Waals surface area contributed by atoms with Crippen molar-refractivity contribution >= 4 is 37.4 Å². The highest BCUT2D eigenvalue weighted by Crippen LogP contribution is 2.35. The van der Waals surface area contributed by atoms with Crippen LogP contribution in [0, 0.1) is 6.92 Å². The van der Waals surface area contributed by atoms with Gasteiger partial charge in [-0.1, -0.05) is 22.0 Å². The molecular formula is C10H9BrOS. The van der Waals surface area contributed by atoms with Gasteiger partial charge in [0.25, 0.3) is 0 Å². The van der Waals surface area contributed by atoms with Crippen LogP contribution in [0.25, 0.3) is 10.1 Å². The molecule has 0 amide bonds. The lowest BCUT2D eigenvalue weighted by Gasteiger charge is -2.04. The molecule has 0 aliphatic heterocycles. The Morgan fingerprint density at radius 1 is 1.54 bits per heavy atom. The van der Waals surface area contributed by atoms with Crippen molar-refractivity contribution in [2.75, 3.05) is 0 Å². The zero-order valence-corrected chi connectivity index (χ0v) is 9.58. The molecule has 0 aliphatic rings. The predicted molar refractivity (Wildman–Crippen MR) is 60.9 cm³/mol. The minimum Gasteiger partial charge on any atom is -0.506 e. The molecule has 68 valence electrons. The van der Waals surface area contributed by atoms with E-state index in [0.29, 0.717) is 5.75 Å². The van der Waals surface area contributed by atoms with Crippen LogP contribution >= 0.6 is 27.3 Å². The fraction of sp³-hybridized carbons (Fsp3) is 0.200. The van der Waals surface area contributed by atoms with Gasteiger partial charge in [-0.05, 0) is 29.5 Å².